The molecule has 1 aliphatic rings. The first-order valence-corrected chi connectivity index (χ1v) is 10.7. The maximum atomic E-state index is 12.8. The molecule has 1 saturated carbocycles. The molecule has 0 aliphatic heterocycles. The normalized spacial score (nSPS) is 16.7. The summed E-state index contributed by atoms with van der Waals surface area (Å²) in [5.41, 5.74) is 0.000263. The summed E-state index contributed by atoms with van der Waals surface area (Å²) in [4.78, 5) is 3.90. The summed E-state index contributed by atoms with van der Waals surface area (Å²) in [5.74, 6) is 0.248. The Morgan fingerprint density at radius 1 is 1.34 bits per heavy atom. The monoisotopic (exact) mass is 461 g/mol. The quantitative estimate of drug-likeness (QED) is 0.567. The van der Waals surface area contributed by atoms with E-state index >= 15 is 0 Å². The van der Waals surface area contributed by atoms with Crippen molar-refractivity contribution in [3.8, 4) is 5.13 Å². The van der Waals surface area contributed by atoms with Crippen LogP contribution in [0.1, 0.15) is 17.8 Å². The van der Waals surface area contributed by atoms with Crippen LogP contribution in [0.15, 0.2) is 17.0 Å². The Hall–Kier alpha value is -2.14. The molecule has 0 saturated heterocycles. The minimum atomic E-state index is -4.62. The van der Waals surface area contributed by atoms with Gasteiger partial charge in [-0.2, -0.15) is 17.9 Å². The van der Waals surface area contributed by atoms with Gasteiger partial charge in [0.1, 0.15) is 11.0 Å². The summed E-state index contributed by atoms with van der Waals surface area (Å²) in [7, 11) is -1.45. The SMILES string of the molecule is [C-]#[N+]C1(NCCS(=O)c2cc(Cl)c3nnn(-c4nnc(C(F)(F)F)s4)c3c2)CC1. The fraction of sp³-hybridized carbons (Fsp3) is 0.400. The molecular weight excluding hydrogens is 451 g/mol. The van der Waals surface area contributed by atoms with Crippen molar-refractivity contribution in [1.82, 2.24) is 30.5 Å². The average Bonchev–Trinajstić information content (AvgIpc) is 3.07. The molecule has 0 amide bonds. The van der Waals surface area contributed by atoms with Crippen molar-refractivity contribution in [1.29, 1.82) is 0 Å². The first-order chi connectivity index (χ1) is 13.7. The van der Waals surface area contributed by atoms with E-state index in [2.05, 4.69) is 30.7 Å². The minimum absolute atomic E-state index is 0.131. The van der Waals surface area contributed by atoms with Crippen LogP contribution in [0.25, 0.3) is 21.0 Å². The Labute approximate surface area is 173 Å². The summed E-state index contributed by atoms with van der Waals surface area (Å²) in [6.07, 6.45) is -3.07. The Morgan fingerprint density at radius 3 is 2.72 bits per heavy atom. The zero-order valence-corrected chi connectivity index (χ0v) is 16.8. The zero-order chi connectivity index (χ0) is 20.8. The van der Waals surface area contributed by atoms with E-state index in [4.69, 9.17) is 18.2 Å². The second-order valence-corrected chi connectivity index (χ2v) is 9.22. The van der Waals surface area contributed by atoms with E-state index in [0.717, 1.165) is 17.5 Å². The lowest BCUT2D eigenvalue weighted by Gasteiger charge is -2.07. The van der Waals surface area contributed by atoms with Crippen LogP contribution >= 0.6 is 22.9 Å². The summed E-state index contributed by atoms with van der Waals surface area (Å²) >= 11 is 6.52. The third-order valence-corrected chi connectivity index (χ3v) is 6.83. The van der Waals surface area contributed by atoms with Crippen molar-refractivity contribution in [2.24, 2.45) is 0 Å². The highest BCUT2D eigenvalue weighted by atomic mass is 35.5. The number of nitrogens with one attached hydrogen (secondary N) is 1. The molecule has 0 spiro atoms. The minimum Gasteiger partial charge on any atom is -0.293 e. The molecule has 8 nitrogen and oxygen atoms in total. The molecule has 2 aromatic heterocycles. The summed E-state index contributed by atoms with van der Waals surface area (Å²) < 4.78 is 52.1. The van der Waals surface area contributed by atoms with Crippen LogP contribution in [0.3, 0.4) is 0 Å². The molecule has 1 N–H and O–H groups in total. The van der Waals surface area contributed by atoms with Crippen molar-refractivity contribution in [2.45, 2.75) is 29.6 Å². The maximum absolute atomic E-state index is 12.8. The van der Waals surface area contributed by atoms with Crippen molar-refractivity contribution in [2.75, 3.05) is 12.3 Å². The van der Waals surface area contributed by atoms with Crippen molar-refractivity contribution >= 4 is 44.8 Å². The second-order valence-electron chi connectivity index (χ2n) is 6.28. The molecule has 0 radical (unpaired) electrons. The number of aromatic nitrogens is 5. The highest BCUT2D eigenvalue weighted by molar-refractivity contribution is 7.85. The Morgan fingerprint density at radius 2 is 2.10 bits per heavy atom. The molecule has 29 heavy (non-hydrogen) atoms. The lowest BCUT2D eigenvalue weighted by molar-refractivity contribution is -0.138. The topological polar surface area (TPSA) is 90.0 Å². The second kappa shape index (κ2) is 7.28. The van der Waals surface area contributed by atoms with Gasteiger partial charge in [0.05, 0.1) is 15.8 Å². The van der Waals surface area contributed by atoms with Gasteiger partial charge < -0.3 is 0 Å². The van der Waals surface area contributed by atoms with Gasteiger partial charge in [0.2, 0.25) is 10.1 Å². The highest BCUT2D eigenvalue weighted by Gasteiger charge is 2.50. The van der Waals surface area contributed by atoms with Gasteiger partial charge in [0.25, 0.3) is 5.66 Å². The van der Waals surface area contributed by atoms with Crippen LogP contribution in [-0.4, -0.2) is 47.4 Å². The fourth-order valence-corrected chi connectivity index (χ4v) is 4.59. The molecule has 152 valence electrons. The number of nitrogens with zero attached hydrogens (tertiary/aromatic N) is 6. The first kappa shape index (κ1) is 20.1. The van der Waals surface area contributed by atoms with Gasteiger partial charge in [-0.3, -0.25) is 9.05 Å². The summed E-state index contributed by atoms with van der Waals surface area (Å²) in [6.45, 7) is 7.52. The number of hydrogen-bond acceptors (Lipinski definition) is 7. The van der Waals surface area contributed by atoms with E-state index in [-0.39, 0.29) is 26.9 Å². The predicted molar refractivity (Wildman–Crippen MR) is 100 cm³/mol. The number of alkyl halides is 3. The Bertz CT molecular complexity index is 1150. The molecule has 2 heterocycles. The third-order valence-electron chi connectivity index (χ3n) is 4.26. The number of rotatable bonds is 6. The van der Waals surface area contributed by atoms with Crippen molar-refractivity contribution < 1.29 is 17.4 Å². The molecule has 14 heteroatoms. The average molecular weight is 462 g/mol. The largest absolute Gasteiger partial charge is 0.445 e. The lowest BCUT2D eigenvalue weighted by atomic mass is 10.3. The van der Waals surface area contributed by atoms with E-state index < -0.39 is 27.6 Å². The molecule has 1 unspecified atom stereocenters. The fourth-order valence-electron chi connectivity index (χ4n) is 2.59. The van der Waals surface area contributed by atoms with Crippen LogP contribution in [0.5, 0.6) is 0 Å². The van der Waals surface area contributed by atoms with Gasteiger partial charge in [-0.15, -0.1) is 15.3 Å². The zero-order valence-electron chi connectivity index (χ0n) is 14.4. The lowest BCUT2D eigenvalue weighted by Crippen LogP contribution is -2.31. The van der Waals surface area contributed by atoms with Gasteiger partial charge >= 0.3 is 6.18 Å². The molecule has 1 aromatic carbocycles. The number of hydrogen-bond donors (Lipinski definition) is 1. The maximum Gasteiger partial charge on any atom is 0.445 e. The van der Waals surface area contributed by atoms with Gasteiger partial charge in [-0.25, -0.2) is 11.9 Å². The van der Waals surface area contributed by atoms with Crippen LogP contribution in [0.2, 0.25) is 5.02 Å². The van der Waals surface area contributed by atoms with Crippen LogP contribution in [0, 0.1) is 6.57 Å². The van der Waals surface area contributed by atoms with Crippen molar-refractivity contribution in [3.63, 3.8) is 0 Å². The van der Waals surface area contributed by atoms with Crippen LogP contribution in [0.4, 0.5) is 13.2 Å². The van der Waals surface area contributed by atoms with Gasteiger partial charge in [0.15, 0.2) is 0 Å². The van der Waals surface area contributed by atoms with Gasteiger partial charge in [-0.05, 0) is 12.1 Å². The van der Waals surface area contributed by atoms with Crippen LogP contribution in [-0.2, 0) is 17.0 Å². The van der Waals surface area contributed by atoms with Gasteiger partial charge in [-0.1, -0.05) is 28.2 Å². The predicted octanol–water partition coefficient (Wildman–Crippen LogP) is 3.05. The van der Waals surface area contributed by atoms with E-state index in [0.29, 0.717) is 22.8 Å². The Balaban J connectivity index is 1.60. The first-order valence-electron chi connectivity index (χ1n) is 8.20. The van der Waals surface area contributed by atoms with E-state index in [1.807, 2.05) is 0 Å². The van der Waals surface area contributed by atoms with E-state index in [1.165, 1.54) is 12.1 Å². The molecule has 0 bridgehead atoms. The smallest absolute Gasteiger partial charge is 0.293 e. The van der Waals surface area contributed by atoms with Crippen molar-refractivity contribution in [3.05, 3.63) is 33.6 Å². The van der Waals surface area contributed by atoms with Crippen LogP contribution < -0.4 is 5.32 Å². The molecule has 1 aliphatic carbocycles. The summed E-state index contributed by atoms with van der Waals surface area (Å²) in [6, 6.07) is 3.00. The third kappa shape index (κ3) is 3.97. The number of benzene rings is 1. The standard InChI is InChI=1S/C15H11ClF3N7OS2/c1-20-14(2-3-14)21-4-5-29(27)8-6-9(16)11-10(7-8)26(25-22-11)13-24-23-12(28-13)15(17,18)19/h6-7,21H,2-5H2. The van der Waals surface area contributed by atoms with Gasteiger partial charge in [0, 0.05) is 30.0 Å². The number of fused-ring (bicyclic) bond motifs is 1. The number of halogens is 4. The molecule has 3 aromatic rings. The summed E-state index contributed by atoms with van der Waals surface area (Å²) in [5, 5.41) is 16.4. The van der Waals surface area contributed by atoms with E-state index in [9.17, 15) is 17.4 Å². The van der Waals surface area contributed by atoms with E-state index in [1.54, 1.807) is 0 Å². The molecular formula is C15H11ClF3N7OS2. The molecule has 1 atom stereocenters. The molecule has 4 rings (SSSR count). The Kier molecular flexibility index (Phi) is 5.06. The molecule has 1 fully saturated rings. The highest BCUT2D eigenvalue weighted by Crippen LogP contribution is 2.36.